The van der Waals surface area contributed by atoms with Crippen LogP contribution in [0.2, 0.25) is 0 Å². The molecule has 0 aromatic heterocycles. The van der Waals surface area contributed by atoms with Crippen molar-refractivity contribution in [2.45, 2.75) is 13.8 Å². The standard InChI is InChI=1S/C12H18O4/c1-8(2)6-10(15-4)7-11(16-5)9(3)12(13)14/h6-8H,3H2,1-2,4-5H3,(H,13,14). The van der Waals surface area contributed by atoms with Crippen molar-refractivity contribution in [1.82, 2.24) is 0 Å². The third-order valence-corrected chi connectivity index (χ3v) is 1.78. The summed E-state index contributed by atoms with van der Waals surface area (Å²) in [7, 11) is 2.91. The molecule has 0 aromatic carbocycles. The van der Waals surface area contributed by atoms with Crippen LogP contribution in [0.4, 0.5) is 0 Å². The maximum absolute atomic E-state index is 10.7. The van der Waals surface area contributed by atoms with Gasteiger partial charge in [0.15, 0.2) is 0 Å². The van der Waals surface area contributed by atoms with Crippen molar-refractivity contribution in [3.63, 3.8) is 0 Å². The summed E-state index contributed by atoms with van der Waals surface area (Å²) in [5, 5.41) is 8.77. The van der Waals surface area contributed by atoms with E-state index in [1.54, 1.807) is 0 Å². The van der Waals surface area contributed by atoms with E-state index < -0.39 is 5.97 Å². The zero-order valence-electron chi connectivity index (χ0n) is 10.1. The lowest BCUT2D eigenvalue weighted by Crippen LogP contribution is -2.04. The first-order chi connectivity index (χ1) is 7.42. The van der Waals surface area contributed by atoms with Gasteiger partial charge in [0.05, 0.1) is 19.8 Å². The molecule has 0 aromatic rings. The average Bonchev–Trinajstić information content (AvgIpc) is 2.22. The molecule has 0 aliphatic rings. The zero-order chi connectivity index (χ0) is 12.7. The number of hydrogen-bond acceptors (Lipinski definition) is 3. The number of allylic oxidation sites excluding steroid dienone is 2. The second-order valence-corrected chi connectivity index (χ2v) is 3.51. The van der Waals surface area contributed by atoms with Gasteiger partial charge in [-0.2, -0.15) is 0 Å². The smallest absolute Gasteiger partial charge is 0.338 e. The van der Waals surface area contributed by atoms with Crippen LogP contribution in [0.15, 0.2) is 35.8 Å². The Hall–Kier alpha value is -1.71. The Morgan fingerprint density at radius 3 is 2.19 bits per heavy atom. The van der Waals surface area contributed by atoms with Crippen molar-refractivity contribution in [3.8, 4) is 0 Å². The molecule has 4 nitrogen and oxygen atoms in total. The van der Waals surface area contributed by atoms with E-state index >= 15 is 0 Å². The average molecular weight is 226 g/mol. The third kappa shape index (κ3) is 4.68. The monoisotopic (exact) mass is 226 g/mol. The maximum atomic E-state index is 10.7. The van der Waals surface area contributed by atoms with E-state index in [2.05, 4.69) is 6.58 Å². The molecule has 0 rings (SSSR count). The van der Waals surface area contributed by atoms with Crippen LogP contribution in [0.3, 0.4) is 0 Å². The Balaban J connectivity index is 5.07. The zero-order valence-corrected chi connectivity index (χ0v) is 10.1. The molecule has 4 heteroatoms. The summed E-state index contributed by atoms with van der Waals surface area (Å²) in [5.74, 6) is -0.0917. The first kappa shape index (κ1) is 14.3. The van der Waals surface area contributed by atoms with Crippen LogP contribution in [-0.2, 0) is 14.3 Å². The second kappa shape index (κ2) is 6.71. The van der Waals surface area contributed by atoms with Crippen molar-refractivity contribution in [1.29, 1.82) is 0 Å². The van der Waals surface area contributed by atoms with Gasteiger partial charge in [-0.1, -0.05) is 20.4 Å². The summed E-state index contributed by atoms with van der Waals surface area (Å²) in [5.41, 5.74) is -0.103. The minimum Gasteiger partial charge on any atom is -0.497 e. The Bertz CT molecular complexity index is 324. The minimum absolute atomic E-state index is 0.103. The van der Waals surface area contributed by atoms with Crippen molar-refractivity contribution in [2.24, 2.45) is 5.92 Å². The molecule has 0 fully saturated rings. The first-order valence-electron chi connectivity index (χ1n) is 4.86. The summed E-state index contributed by atoms with van der Waals surface area (Å²) < 4.78 is 10.0. The van der Waals surface area contributed by atoms with Gasteiger partial charge in [-0.05, 0) is 12.0 Å². The number of aliphatic carboxylic acids is 1. The summed E-state index contributed by atoms with van der Waals surface area (Å²) in [6.07, 6.45) is 3.37. The lowest BCUT2D eigenvalue weighted by atomic mass is 10.1. The van der Waals surface area contributed by atoms with Crippen LogP contribution in [0.1, 0.15) is 13.8 Å². The van der Waals surface area contributed by atoms with Gasteiger partial charge in [-0.3, -0.25) is 0 Å². The van der Waals surface area contributed by atoms with Crippen molar-refractivity contribution >= 4 is 5.97 Å². The SMILES string of the molecule is C=C(C(=O)O)C(=CC(=CC(C)C)OC)OC. The van der Waals surface area contributed by atoms with Gasteiger partial charge in [0.2, 0.25) is 0 Å². The highest BCUT2D eigenvalue weighted by atomic mass is 16.5. The van der Waals surface area contributed by atoms with Crippen LogP contribution in [0.25, 0.3) is 0 Å². The molecule has 0 saturated heterocycles. The highest BCUT2D eigenvalue weighted by molar-refractivity contribution is 5.90. The van der Waals surface area contributed by atoms with E-state index in [1.807, 2.05) is 19.9 Å². The molecular weight excluding hydrogens is 208 g/mol. The van der Waals surface area contributed by atoms with Gasteiger partial charge < -0.3 is 14.6 Å². The number of hydrogen-bond donors (Lipinski definition) is 1. The molecule has 0 bridgehead atoms. The van der Waals surface area contributed by atoms with Gasteiger partial charge in [0, 0.05) is 6.08 Å². The quantitative estimate of drug-likeness (QED) is 0.429. The van der Waals surface area contributed by atoms with Crippen molar-refractivity contribution in [2.75, 3.05) is 14.2 Å². The number of carbonyl (C=O) groups is 1. The van der Waals surface area contributed by atoms with Crippen LogP contribution in [0, 0.1) is 5.92 Å². The molecule has 0 amide bonds. The Labute approximate surface area is 95.9 Å². The third-order valence-electron chi connectivity index (χ3n) is 1.78. The molecule has 0 unspecified atom stereocenters. The largest absolute Gasteiger partial charge is 0.497 e. The summed E-state index contributed by atoms with van der Waals surface area (Å²) in [6.45, 7) is 7.40. The second-order valence-electron chi connectivity index (χ2n) is 3.51. The molecule has 0 heterocycles. The van der Waals surface area contributed by atoms with Crippen LogP contribution in [-0.4, -0.2) is 25.3 Å². The van der Waals surface area contributed by atoms with Crippen LogP contribution < -0.4 is 0 Å². The number of carboxylic acids is 1. The van der Waals surface area contributed by atoms with Gasteiger partial charge in [-0.25, -0.2) is 4.79 Å². The fraction of sp³-hybridized carbons (Fsp3) is 0.417. The van der Waals surface area contributed by atoms with Gasteiger partial charge >= 0.3 is 5.97 Å². The van der Waals surface area contributed by atoms with E-state index in [0.29, 0.717) is 11.7 Å². The van der Waals surface area contributed by atoms with E-state index in [1.165, 1.54) is 20.3 Å². The molecule has 0 saturated carbocycles. The number of carboxylic acid groups (broad SMARTS) is 1. The summed E-state index contributed by atoms with van der Waals surface area (Å²) in [6, 6.07) is 0. The topological polar surface area (TPSA) is 55.8 Å². The predicted molar refractivity (Wildman–Crippen MR) is 61.8 cm³/mol. The van der Waals surface area contributed by atoms with E-state index in [9.17, 15) is 4.79 Å². The molecule has 0 radical (unpaired) electrons. The Morgan fingerprint density at radius 1 is 1.31 bits per heavy atom. The predicted octanol–water partition coefficient (Wildman–Crippen LogP) is 2.34. The normalized spacial score (nSPS) is 12.6. The fourth-order valence-electron chi connectivity index (χ4n) is 1.01. The fourth-order valence-corrected chi connectivity index (χ4v) is 1.01. The highest BCUT2D eigenvalue weighted by Gasteiger charge is 2.11. The molecule has 16 heavy (non-hydrogen) atoms. The van der Waals surface area contributed by atoms with E-state index in [-0.39, 0.29) is 11.3 Å². The van der Waals surface area contributed by atoms with Crippen molar-refractivity contribution < 1.29 is 19.4 Å². The van der Waals surface area contributed by atoms with Gasteiger partial charge in [0.25, 0.3) is 0 Å². The van der Waals surface area contributed by atoms with Crippen molar-refractivity contribution in [3.05, 3.63) is 35.8 Å². The van der Waals surface area contributed by atoms with Gasteiger partial charge in [0.1, 0.15) is 11.5 Å². The summed E-state index contributed by atoms with van der Waals surface area (Å²) >= 11 is 0. The number of rotatable bonds is 6. The number of methoxy groups -OCH3 is 2. The molecule has 0 spiro atoms. The lowest BCUT2D eigenvalue weighted by Gasteiger charge is -2.08. The van der Waals surface area contributed by atoms with Crippen LogP contribution >= 0.6 is 0 Å². The van der Waals surface area contributed by atoms with E-state index in [0.717, 1.165) is 0 Å². The molecule has 0 aliphatic carbocycles. The Kier molecular flexibility index (Phi) is 6.00. The minimum atomic E-state index is -1.12. The highest BCUT2D eigenvalue weighted by Crippen LogP contribution is 2.14. The molecule has 1 N–H and O–H groups in total. The van der Waals surface area contributed by atoms with E-state index in [4.69, 9.17) is 14.6 Å². The van der Waals surface area contributed by atoms with Gasteiger partial charge in [-0.15, -0.1) is 0 Å². The first-order valence-corrected chi connectivity index (χ1v) is 4.86. The summed E-state index contributed by atoms with van der Waals surface area (Å²) in [4.78, 5) is 10.7. The molecule has 0 aliphatic heterocycles. The van der Waals surface area contributed by atoms with Crippen LogP contribution in [0.5, 0.6) is 0 Å². The maximum Gasteiger partial charge on any atom is 0.338 e. The molecular formula is C12H18O4. The molecule has 0 atom stereocenters. The Morgan fingerprint density at radius 2 is 1.88 bits per heavy atom. The molecule has 90 valence electrons. The number of ether oxygens (including phenoxy) is 2. The lowest BCUT2D eigenvalue weighted by molar-refractivity contribution is -0.132.